The van der Waals surface area contributed by atoms with Crippen LogP contribution in [0.25, 0.3) is 0 Å². The first-order valence-electron chi connectivity index (χ1n) is 6.78. The van der Waals surface area contributed by atoms with Crippen LogP contribution in [-0.4, -0.2) is 60.1 Å². The summed E-state index contributed by atoms with van der Waals surface area (Å²) in [5, 5.41) is 2.85. The van der Waals surface area contributed by atoms with Crippen molar-refractivity contribution in [2.75, 3.05) is 26.2 Å². The molecule has 3 aliphatic rings. The van der Waals surface area contributed by atoms with Gasteiger partial charge in [-0.2, -0.15) is 0 Å². The molecule has 0 aromatic heterocycles. The molecule has 3 rings (SSSR count). The molecule has 0 radical (unpaired) electrons. The summed E-state index contributed by atoms with van der Waals surface area (Å²) in [5.74, 6) is 0. The highest BCUT2D eigenvalue weighted by molar-refractivity contribution is 5.76. The number of rotatable bonds is 3. The fraction of sp³-hybridized carbons (Fsp3) is 0.917. The number of urea groups is 1. The number of hydrogen-bond acceptors (Lipinski definition) is 3. The molecule has 0 spiro atoms. The van der Waals surface area contributed by atoms with Gasteiger partial charge in [-0.15, -0.1) is 0 Å². The molecule has 17 heavy (non-hydrogen) atoms. The van der Waals surface area contributed by atoms with E-state index in [0.717, 1.165) is 39.0 Å². The number of carbonyl (C=O) groups is 1. The van der Waals surface area contributed by atoms with Crippen LogP contribution in [-0.2, 0) is 0 Å². The monoisotopic (exact) mass is 238 g/mol. The van der Waals surface area contributed by atoms with Crippen LogP contribution in [0.5, 0.6) is 0 Å². The van der Waals surface area contributed by atoms with E-state index < -0.39 is 0 Å². The van der Waals surface area contributed by atoms with Crippen molar-refractivity contribution in [2.45, 2.75) is 43.8 Å². The van der Waals surface area contributed by atoms with E-state index in [1.807, 2.05) is 4.90 Å². The molecule has 2 atom stereocenters. The van der Waals surface area contributed by atoms with Crippen molar-refractivity contribution in [3.63, 3.8) is 0 Å². The Morgan fingerprint density at radius 3 is 2.53 bits per heavy atom. The molecule has 3 aliphatic heterocycles. The van der Waals surface area contributed by atoms with Crippen LogP contribution < -0.4 is 11.1 Å². The fourth-order valence-corrected chi connectivity index (χ4v) is 3.64. The van der Waals surface area contributed by atoms with Gasteiger partial charge in [0, 0.05) is 44.3 Å². The Hall–Kier alpha value is -0.810. The number of fused-ring (bicyclic) bond motifs is 2. The molecule has 3 N–H and O–H groups in total. The van der Waals surface area contributed by atoms with Crippen LogP contribution in [0.15, 0.2) is 0 Å². The summed E-state index contributed by atoms with van der Waals surface area (Å²) in [6.45, 7) is 3.56. The molecular formula is C12H22N4O. The van der Waals surface area contributed by atoms with Crippen LogP contribution in [0, 0.1) is 0 Å². The molecule has 0 aliphatic carbocycles. The van der Waals surface area contributed by atoms with Gasteiger partial charge in [-0.25, -0.2) is 4.79 Å². The van der Waals surface area contributed by atoms with Crippen molar-refractivity contribution >= 4 is 6.03 Å². The molecule has 0 aromatic rings. The van der Waals surface area contributed by atoms with Gasteiger partial charge >= 0.3 is 6.03 Å². The second kappa shape index (κ2) is 4.46. The molecule has 2 bridgehead atoms. The van der Waals surface area contributed by atoms with Gasteiger partial charge in [0.25, 0.3) is 0 Å². The topological polar surface area (TPSA) is 61.6 Å². The average molecular weight is 238 g/mol. The van der Waals surface area contributed by atoms with E-state index in [1.54, 1.807) is 0 Å². The molecule has 5 heteroatoms. The van der Waals surface area contributed by atoms with Crippen molar-refractivity contribution in [1.82, 2.24) is 15.1 Å². The van der Waals surface area contributed by atoms with E-state index in [0.29, 0.717) is 18.1 Å². The van der Waals surface area contributed by atoms with Gasteiger partial charge in [0.05, 0.1) is 0 Å². The lowest BCUT2D eigenvalue weighted by Gasteiger charge is -2.38. The molecule has 5 nitrogen and oxygen atoms in total. The predicted octanol–water partition coefficient (Wildman–Crippen LogP) is -0.0343. The molecule has 0 saturated carbocycles. The standard InChI is InChI=1S/C12H22N4O/c13-9-7-10-1-2-11(8-9)16(10)6-5-15-4-3-14-12(15)17/h9-11H,1-8,13H2,(H,14,17). The zero-order valence-corrected chi connectivity index (χ0v) is 10.3. The second-order valence-electron chi connectivity index (χ2n) is 5.57. The molecule has 96 valence electrons. The molecule has 3 fully saturated rings. The van der Waals surface area contributed by atoms with Crippen molar-refractivity contribution in [3.8, 4) is 0 Å². The quantitative estimate of drug-likeness (QED) is 0.725. The third-order valence-corrected chi connectivity index (χ3v) is 4.49. The highest BCUT2D eigenvalue weighted by Crippen LogP contribution is 2.34. The Labute approximate surface area is 102 Å². The first kappa shape index (κ1) is 11.3. The number of nitrogens with zero attached hydrogens (tertiary/aromatic N) is 2. The minimum Gasteiger partial charge on any atom is -0.336 e. The predicted molar refractivity (Wildman–Crippen MR) is 65.7 cm³/mol. The molecule has 0 aromatic carbocycles. The summed E-state index contributed by atoms with van der Waals surface area (Å²) in [5.41, 5.74) is 6.06. The van der Waals surface area contributed by atoms with Crippen LogP contribution >= 0.6 is 0 Å². The largest absolute Gasteiger partial charge is 0.336 e. The lowest BCUT2D eigenvalue weighted by molar-refractivity contribution is 0.116. The van der Waals surface area contributed by atoms with Gasteiger partial charge in [-0.05, 0) is 25.7 Å². The molecule has 2 amide bonds. The number of piperidine rings is 1. The summed E-state index contributed by atoms with van der Waals surface area (Å²) in [4.78, 5) is 16.0. The van der Waals surface area contributed by atoms with Crippen molar-refractivity contribution in [1.29, 1.82) is 0 Å². The lowest BCUT2D eigenvalue weighted by Crippen LogP contribution is -2.50. The van der Waals surface area contributed by atoms with E-state index >= 15 is 0 Å². The Balaban J connectivity index is 1.54. The Kier molecular flexibility index (Phi) is 2.96. The molecule has 2 unspecified atom stereocenters. The lowest BCUT2D eigenvalue weighted by atomic mass is 9.98. The van der Waals surface area contributed by atoms with Crippen LogP contribution in [0.4, 0.5) is 4.79 Å². The third kappa shape index (κ3) is 2.13. The maximum absolute atomic E-state index is 11.5. The summed E-state index contributed by atoms with van der Waals surface area (Å²) >= 11 is 0. The minimum atomic E-state index is 0.103. The number of nitrogens with two attached hydrogens (primary N) is 1. The van der Waals surface area contributed by atoms with Crippen LogP contribution in [0.2, 0.25) is 0 Å². The van der Waals surface area contributed by atoms with Gasteiger partial charge < -0.3 is 16.0 Å². The van der Waals surface area contributed by atoms with Crippen molar-refractivity contribution in [2.24, 2.45) is 5.73 Å². The summed E-state index contributed by atoms with van der Waals surface area (Å²) in [7, 11) is 0. The SMILES string of the molecule is NC1CC2CCC(C1)N2CCN1CCNC1=O. The smallest absolute Gasteiger partial charge is 0.317 e. The Morgan fingerprint density at radius 1 is 1.24 bits per heavy atom. The third-order valence-electron chi connectivity index (χ3n) is 4.49. The van der Waals surface area contributed by atoms with Gasteiger partial charge in [0.1, 0.15) is 0 Å². The van der Waals surface area contributed by atoms with E-state index in [-0.39, 0.29) is 6.03 Å². The normalized spacial score (nSPS) is 37.6. The van der Waals surface area contributed by atoms with Crippen molar-refractivity contribution < 1.29 is 4.79 Å². The summed E-state index contributed by atoms with van der Waals surface area (Å²) < 4.78 is 0. The number of nitrogens with one attached hydrogen (secondary N) is 1. The van der Waals surface area contributed by atoms with Crippen LogP contribution in [0.1, 0.15) is 25.7 Å². The highest BCUT2D eigenvalue weighted by atomic mass is 16.2. The minimum absolute atomic E-state index is 0.103. The van der Waals surface area contributed by atoms with Crippen molar-refractivity contribution in [3.05, 3.63) is 0 Å². The second-order valence-corrected chi connectivity index (χ2v) is 5.57. The Morgan fingerprint density at radius 2 is 1.94 bits per heavy atom. The van der Waals surface area contributed by atoms with E-state index in [1.165, 1.54) is 12.8 Å². The zero-order chi connectivity index (χ0) is 11.8. The van der Waals surface area contributed by atoms with Gasteiger partial charge in [0.15, 0.2) is 0 Å². The van der Waals surface area contributed by atoms with E-state index in [9.17, 15) is 4.79 Å². The average Bonchev–Trinajstić information content (AvgIpc) is 2.79. The maximum Gasteiger partial charge on any atom is 0.317 e. The van der Waals surface area contributed by atoms with Gasteiger partial charge in [-0.1, -0.05) is 0 Å². The molecular weight excluding hydrogens is 216 g/mol. The van der Waals surface area contributed by atoms with E-state index in [4.69, 9.17) is 5.73 Å². The number of carbonyl (C=O) groups excluding carboxylic acids is 1. The Bertz CT molecular complexity index is 295. The first-order chi connectivity index (χ1) is 8.24. The van der Waals surface area contributed by atoms with Gasteiger partial charge in [-0.3, -0.25) is 4.90 Å². The molecule has 3 saturated heterocycles. The fourth-order valence-electron chi connectivity index (χ4n) is 3.64. The highest BCUT2D eigenvalue weighted by Gasteiger charge is 2.39. The summed E-state index contributed by atoms with van der Waals surface area (Å²) in [6.07, 6.45) is 4.88. The summed E-state index contributed by atoms with van der Waals surface area (Å²) in [6, 6.07) is 1.86. The van der Waals surface area contributed by atoms with Crippen LogP contribution in [0.3, 0.4) is 0 Å². The number of amides is 2. The maximum atomic E-state index is 11.5. The zero-order valence-electron chi connectivity index (χ0n) is 10.3. The first-order valence-corrected chi connectivity index (χ1v) is 6.78. The van der Waals surface area contributed by atoms with E-state index in [2.05, 4.69) is 10.2 Å². The number of hydrogen-bond donors (Lipinski definition) is 2. The molecule has 3 heterocycles. The van der Waals surface area contributed by atoms with Gasteiger partial charge in [0.2, 0.25) is 0 Å².